The van der Waals surface area contributed by atoms with E-state index in [1.165, 1.54) is 14.2 Å². The Hall–Kier alpha value is -3.12. The smallest absolute Gasteiger partial charge is 0.343 e. The van der Waals surface area contributed by atoms with E-state index >= 15 is 0 Å². The molecule has 6 nitrogen and oxygen atoms in total. The van der Waals surface area contributed by atoms with Gasteiger partial charge in [-0.1, -0.05) is 41.9 Å². The summed E-state index contributed by atoms with van der Waals surface area (Å²) < 4.78 is 10.00. The quantitative estimate of drug-likeness (QED) is 0.642. The molecule has 1 N–H and O–H groups in total. The second-order valence-corrected chi connectivity index (χ2v) is 6.55. The number of hydrogen-bond donors (Lipinski definition) is 1. The molecule has 0 unspecified atom stereocenters. The number of benzene rings is 2. The van der Waals surface area contributed by atoms with Crippen LogP contribution in [0.15, 0.2) is 48.5 Å². The van der Waals surface area contributed by atoms with Crippen LogP contribution < -0.4 is 10.1 Å². The van der Waals surface area contributed by atoms with Crippen molar-refractivity contribution in [2.24, 2.45) is 0 Å². The zero-order valence-electron chi connectivity index (χ0n) is 15.5. The van der Waals surface area contributed by atoms with Crippen molar-refractivity contribution in [3.63, 3.8) is 0 Å². The number of carbonyl (C=O) groups is 2. The van der Waals surface area contributed by atoms with Crippen molar-refractivity contribution in [3.05, 3.63) is 70.2 Å². The molecule has 7 heteroatoms. The number of nitrogens with one attached hydrogen (secondary N) is 1. The molecule has 2 aromatic carbocycles. The van der Waals surface area contributed by atoms with Crippen LogP contribution in [0.3, 0.4) is 0 Å². The molecule has 0 radical (unpaired) electrons. The van der Waals surface area contributed by atoms with Crippen LogP contribution >= 0.6 is 11.6 Å². The lowest BCUT2D eigenvalue weighted by molar-refractivity contribution is -0.120. The summed E-state index contributed by atoms with van der Waals surface area (Å²) in [6.45, 7) is 0.432. The van der Waals surface area contributed by atoms with Crippen molar-refractivity contribution >= 4 is 34.4 Å². The van der Waals surface area contributed by atoms with Gasteiger partial charge in [0.25, 0.3) is 0 Å². The van der Waals surface area contributed by atoms with Gasteiger partial charge >= 0.3 is 5.97 Å². The Labute approximate surface area is 167 Å². The summed E-state index contributed by atoms with van der Waals surface area (Å²) in [6.07, 6.45) is 0.0949. The highest BCUT2D eigenvalue weighted by molar-refractivity contribution is 6.31. The Morgan fingerprint density at radius 1 is 1.11 bits per heavy atom. The molecule has 0 aliphatic carbocycles. The second-order valence-electron chi connectivity index (χ2n) is 6.11. The van der Waals surface area contributed by atoms with E-state index in [4.69, 9.17) is 21.1 Å². The minimum Gasteiger partial charge on any atom is -0.480 e. The number of esters is 1. The first-order chi connectivity index (χ1) is 13.5. The van der Waals surface area contributed by atoms with E-state index in [0.29, 0.717) is 28.0 Å². The fraction of sp³-hybridized carbons (Fsp3) is 0.190. The predicted octanol–water partition coefficient (Wildman–Crippen LogP) is 3.54. The molecule has 1 amide bonds. The molecule has 0 aliphatic rings. The SMILES string of the molecule is COC(=O)c1cc2cc(Cl)cc(CC(=O)NCc3ccccc3)c2nc1OC. The monoisotopic (exact) mass is 398 g/mol. The Morgan fingerprint density at radius 3 is 2.54 bits per heavy atom. The van der Waals surface area contributed by atoms with E-state index in [2.05, 4.69) is 10.3 Å². The topological polar surface area (TPSA) is 77.5 Å². The molecule has 0 spiro atoms. The van der Waals surface area contributed by atoms with E-state index in [1.807, 2.05) is 30.3 Å². The number of ether oxygens (including phenoxy) is 2. The van der Waals surface area contributed by atoms with Crippen molar-refractivity contribution in [2.45, 2.75) is 13.0 Å². The fourth-order valence-corrected chi connectivity index (χ4v) is 3.13. The standard InChI is InChI=1S/C21H19ClN2O4/c1-27-20-17(21(26)28-2)10-14-8-16(22)9-15(19(14)24-20)11-18(25)23-12-13-6-4-3-5-7-13/h3-10H,11-12H2,1-2H3,(H,23,25). The van der Waals surface area contributed by atoms with Crippen molar-refractivity contribution in [3.8, 4) is 5.88 Å². The summed E-state index contributed by atoms with van der Waals surface area (Å²) in [5, 5.41) is 3.95. The Kier molecular flexibility index (Phi) is 6.11. The summed E-state index contributed by atoms with van der Waals surface area (Å²) in [7, 11) is 2.70. The Bertz CT molecular complexity index is 1020. The van der Waals surface area contributed by atoms with Gasteiger partial charge in [-0.3, -0.25) is 4.79 Å². The lowest BCUT2D eigenvalue weighted by Crippen LogP contribution is -2.24. The number of rotatable bonds is 6. The summed E-state index contributed by atoms with van der Waals surface area (Å²) >= 11 is 6.21. The van der Waals surface area contributed by atoms with Gasteiger partial charge in [0, 0.05) is 17.0 Å². The molecule has 3 rings (SSSR count). The molecule has 144 valence electrons. The molecule has 0 saturated carbocycles. The van der Waals surface area contributed by atoms with Gasteiger partial charge in [-0.2, -0.15) is 0 Å². The highest BCUT2D eigenvalue weighted by Crippen LogP contribution is 2.28. The first-order valence-corrected chi connectivity index (χ1v) is 8.95. The van der Waals surface area contributed by atoms with Crippen LogP contribution in [-0.2, 0) is 22.5 Å². The molecule has 1 aromatic heterocycles. The summed E-state index contributed by atoms with van der Waals surface area (Å²) in [5.41, 5.74) is 2.39. The lowest BCUT2D eigenvalue weighted by Gasteiger charge is -2.12. The maximum Gasteiger partial charge on any atom is 0.343 e. The zero-order valence-corrected chi connectivity index (χ0v) is 16.2. The highest BCUT2D eigenvalue weighted by Gasteiger charge is 2.18. The van der Waals surface area contributed by atoms with Gasteiger partial charge in [0.05, 0.1) is 26.2 Å². The average Bonchev–Trinajstić information content (AvgIpc) is 2.71. The third-order valence-electron chi connectivity index (χ3n) is 4.21. The number of fused-ring (bicyclic) bond motifs is 1. The van der Waals surface area contributed by atoms with Crippen molar-refractivity contribution < 1.29 is 19.1 Å². The van der Waals surface area contributed by atoms with Crippen molar-refractivity contribution in [2.75, 3.05) is 14.2 Å². The summed E-state index contributed by atoms with van der Waals surface area (Å²) in [5.74, 6) is -0.591. The number of aromatic nitrogens is 1. The van der Waals surface area contributed by atoms with Gasteiger partial charge < -0.3 is 14.8 Å². The Balaban J connectivity index is 1.89. The van der Waals surface area contributed by atoms with Crippen LogP contribution in [0.2, 0.25) is 5.02 Å². The molecular weight excluding hydrogens is 380 g/mol. The van der Waals surface area contributed by atoms with E-state index in [-0.39, 0.29) is 23.8 Å². The molecule has 0 atom stereocenters. The molecule has 28 heavy (non-hydrogen) atoms. The highest BCUT2D eigenvalue weighted by atomic mass is 35.5. The number of halogens is 1. The molecule has 1 heterocycles. The number of carbonyl (C=O) groups excluding carboxylic acids is 2. The van der Waals surface area contributed by atoms with Crippen LogP contribution in [0.1, 0.15) is 21.5 Å². The van der Waals surface area contributed by atoms with Crippen LogP contribution in [-0.4, -0.2) is 31.1 Å². The maximum absolute atomic E-state index is 12.4. The Morgan fingerprint density at radius 2 is 1.86 bits per heavy atom. The van der Waals surface area contributed by atoms with E-state index in [1.54, 1.807) is 18.2 Å². The normalized spacial score (nSPS) is 10.5. The largest absolute Gasteiger partial charge is 0.480 e. The van der Waals surface area contributed by atoms with Gasteiger partial charge in [0.2, 0.25) is 11.8 Å². The zero-order chi connectivity index (χ0) is 20.1. The number of pyridine rings is 1. The molecule has 0 bridgehead atoms. The maximum atomic E-state index is 12.4. The van der Waals surface area contributed by atoms with Gasteiger partial charge in [-0.05, 0) is 29.3 Å². The first kappa shape index (κ1) is 19.6. The van der Waals surface area contributed by atoms with Crippen LogP contribution in [0.4, 0.5) is 0 Å². The van der Waals surface area contributed by atoms with E-state index < -0.39 is 5.97 Å². The molecule has 3 aromatic rings. The van der Waals surface area contributed by atoms with E-state index in [0.717, 1.165) is 5.56 Å². The van der Waals surface area contributed by atoms with Gasteiger partial charge in [-0.15, -0.1) is 0 Å². The molecule has 0 aliphatic heterocycles. The van der Waals surface area contributed by atoms with Crippen LogP contribution in [0, 0.1) is 0 Å². The average molecular weight is 399 g/mol. The van der Waals surface area contributed by atoms with Gasteiger partial charge in [-0.25, -0.2) is 9.78 Å². The van der Waals surface area contributed by atoms with Gasteiger partial charge in [0.1, 0.15) is 5.56 Å². The van der Waals surface area contributed by atoms with Crippen molar-refractivity contribution in [1.29, 1.82) is 0 Å². The first-order valence-electron chi connectivity index (χ1n) is 8.58. The van der Waals surface area contributed by atoms with Crippen LogP contribution in [0.25, 0.3) is 10.9 Å². The predicted molar refractivity (Wildman–Crippen MR) is 107 cm³/mol. The number of amides is 1. The molecular formula is C21H19ClN2O4. The fourth-order valence-electron chi connectivity index (χ4n) is 2.88. The number of hydrogen-bond acceptors (Lipinski definition) is 5. The summed E-state index contributed by atoms with van der Waals surface area (Å²) in [6, 6.07) is 14.6. The van der Waals surface area contributed by atoms with Crippen LogP contribution in [0.5, 0.6) is 5.88 Å². The summed E-state index contributed by atoms with van der Waals surface area (Å²) in [4.78, 5) is 28.8. The number of methoxy groups -OCH3 is 2. The van der Waals surface area contributed by atoms with E-state index in [9.17, 15) is 9.59 Å². The van der Waals surface area contributed by atoms with Crippen molar-refractivity contribution in [1.82, 2.24) is 10.3 Å². The van der Waals surface area contributed by atoms with Gasteiger partial charge in [0.15, 0.2) is 0 Å². The third kappa shape index (κ3) is 4.40. The lowest BCUT2D eigenvalue weighted by atomic mass is 10.0. The minimum atomic E-state index is -0.562. The molecule has 0 fully saturated rings. The third-order valence-corrected chi connectivity index (χ3v) is 4.43. The molecule has 0 saturated heterocycles. The second kappa shape index (κ2) is 8.71. The minimum absolute atomic E-state index is 0.0949. The number of nitrogens with zero attached hydrogens (tertiary/aromatic N) is 1.